The van der Waals surface area contributed by atoms with Crippen LogP contribution in [-0.2, 0) is 0 Å². The van der Waals surface area contributed by atoms with E-state index >= 15 is 0 Å². The summed E-state index contributed by atoms with van der Waals surface area (Å²) in [7, 11) is 0. The second-order valence-electron chi connectivity index (χ2n) is 7.63. The minimum absolute atomic E-state index is 0. The molecule has 7 heteroatoms. The minimum Gasteiger partial charge on any atom is -0.494 e. The molecule has 0 amide bonds. The molecule has 1 aromatic heterocycles. The predicted molar refractivity (Wildman–Crippen MR) is 130 cm³/mol. The Hall–Kier alpha value is -1.01. The van der Waals surface area contributed by atoms with E-state index in [0.717, 1.165) is 45.0 Å². The van der Waals surface area contributed by atoms with Crippen molar-refractivity contribution >= 4 is 41.3 Å². The maximum absolute atomic E-state index is 5.86. The molecular weight excluding hydrogens is 425 g/mol. The topological polar surface area (TPSA) is 28.6 Å². The van der Waals surface area contributed by atoms with Crippen LogP contribution < -0.4 is 9.64 Å². The number of thiazole rings is 1. The summed E-state index contributed by atoms with van der Waals surface area (Å²) in [5.41, 5.74) is 1.37. The molecule has 1 aromatic carbocycles. The molecule has 1 saturated heterocycles. The van der Waals surface area contributed by atoms with E-state index in [1.165, 1.54) is 36.5 Å². The molecule has 0 N–H and O–H groups in total. The molecule has 164 valence electrons. The van der Waals surface area contributed by atoms with Gasteiger partial charge in [0, 0.05) is 37.8 Å². The minimum atomic E-state index is 0. The van der Waals surface area contributed by atoms with E-state index in [1.807, 2.05) is 6.20 Å². The van der Waals surface area contributed by atoms with Gasteiger partial charge in [0.1, 0.15) is 5.75 Å². The van der Waals surface area contributed by atoms with Crippen molar-refractivity contribution in [2.45, 2.75) is 45.4 Å². The van der Waals surface area contributed by atoms with E-state index in [1.54, 1.807) is 11.3 Å². The zero-order valence-electron chi connectivity index (χ0n) is 17.6. The van der Waals surface area contributed by atoms with Crippen LogP contribution >= 0.6 is 36.2 Å². The van der Waals surface area contributed by atoms with E-state index < -0.39 is 0 Å². The second-order valence-corrected chi connectivity index (χ2v) is 8.50. The van der Waals surface area contributed by atoms with Crippen LogP contribution in [0.3, 0.4) is 0 Å². The first kappa shape index (κ1) is 26.0. The number of hydrogen-bond acceptors (Lipinski definition) is 5. The standard InChI is InChI=1S/C22H33N3OS.2ClH/c1-19(2)20-7-9-21(10-8-20)26-17-6-4-3-5-12-24-13-15-25(16-14-24)22-23-11-18-27-22;;/h7-11,18-19H,3-6,12-17H2,1-2H3;2*1H. The number of piperazine rings is 1. The molecule has 1 aliphatic rings. The number of halogens is 2. The maximum Gasteiger partial charge on any atom is 0.185 e. The van der Waals surface area contributed by atoms with Gasteiger partial charge in [-0.25, -0.2) is 4.98 Å². The summed E-state index contributed by atoms with van der Waals surface area (Å²) < 4.78 is 5.86. The SMILES string of the molecule is CC(C)c1ccc(OCCCCCCN2CCN(c3nccs3)CC2)cc1.Cl.Cl. The van der Waals surface area contributed by atoms with Gasteiger partial charge in [0.05, 0.1) is 6.61 Å². The number of aromatic nitrogens is 1. The zero-order valence-corrected chi connectivity index (χ0v) is 20.0. The predicted octanol–water partition coefficient (Wildman–Crippen LogP) is 5.87. The number of rotatable bonds is 10. The van der Waals surface area contributed by atoms with Crippen LogP contribution in [0.2, 0.25) is 0 Å². The number of anilines is 1. The highest BCUT2D eigenvalue weighted by Crippen LogP contribution is 2.20. The Balaban J connectivity index is 0.00000210. The number of unbranched alkanes of at least 4 members (excludes halogenated alkanes) is 3. The van der Waals surface area contributed by atoms with Gasteiger partial charge >= 0.3 is 0 Å². The molecule has 3 rings (SSSR count). The van der Waals surface area contributed by atoms with Gasteiger partial charge in [0.25, 0.3) is 0 Å². The largest absolute Gasteiger partial charge is 0.494 e. The molecule has 1 fully saturated rings. The summed E-state index contributed by atoms with van der Waals surface area (Å²) in [4.78, 5) is 9.42. The number of hydrogen-bond donors (Lipinski definition) is 0. The average molecular weight is 461 g/mol. The van der Waals surface area contributed by atoms with Crippen LogP contribution in [0.5, 0.6) is 5.75 Å². The average Bonchev–Trinajstić information content (AvgIpc) is 3.23. The highest BCUT2D eigenvalue weighted by molar-refractivity contribution is 7.13. The third kappa shape index (κ3) is 8.71. The number of nitrogens with zero attached hydrogens (tertiary/aromatic N) is 3. The Morgan fingerprint density at radius 2 is 1.66 bits per heavy atom. The van der Waals surface area contributed by atoms with E-state index in [0.29, 0.717) is 5.92 Å². The molecule has 0 spiro atoms. The van der Waals surface area contributed by atoms with Gasteiger partial charge in [0.2, 0.25) is 0 Å². The molecule has 0 unspecified atom stereocenters. The lowest BCUT2D eigenvalue weighted by Gasteiger charge is -2.34. The van der Waals surface area contributed by atoms with Crippen LogP contribution in [0.25, 0.3) is 0 Å². The van der Waals surface area contributed by atoms with Crippen molar-refractivity contribution in [2.24, 2.45) is 0 Å². The first-order valence-electron chi connectivity index (χ1n) is 10.3. The number of benzene rings is 1. The fourth-order valence-corrected chi connectivity index (χ4v) is 4.16. The fraction of sp³-hybridized carbons (Fsp3) is 0.591. The molecule has 0 radical (unpaired) electrons. The van der Waals surface area contributed by atoms with Crippen molar-refractivity contribution in [3.63, 3.8) is 0 Å². The fourth-order valence-electron chi connectivity index (χ4n) is 3.46. The van der Waals surface area contributed by atoms with Gasteiger partial charge in [-0.15, -0.1) is 36.2 Å². The van der Waals surface area contributed by atoms with Crippen LogP contribution in [0.4, 0.5) is 5.13 Å². The van der Waals surface area contributed by atoms with Crippen LogP contribution in [0.1, 0.15) is 51.0 Å². The molecule has 1 aliphatic heterocycles. The lowest BCUT2D eigenvalue weighted by Crippen LogP contribution is -2.46. The Morgan fingerprint density at radius 1 is 0.966 bits per heavy atom. The van der Waals surface area contributed by atoms with Crippen molar-refractivity contribution in [3.8, 4) is 5.75 Å². The lowest BCUT2D eigenvalue weighted by molar-refractivity contribution is 0.249. The lowest BCUT2D eigenvalue weighted by atomic mass is 10.0. The van der Waals surface area contributed by atoms with E-state index in [-0.39, 0.29) is 24.8 Å². The summed E-state index contributed by atoms with van der Waals surface area (Å²) in [5, 5.41) is 3.24. The molecular formula is C22H35Cl2N3OS. The van der Waals surface area contributed by atoms with Gasteiger partial charge in [0.15, 0.2) is 5.13 Å². The van der Waals surface area contributed by atoms with Gasteiger partial charge in [-0.2, -0.15) is 0 Å². The maximum atomic E-state index is 5.86. The highest BCUT2D eigenvalue weighted by Gasteiger charge is 2.17. The molecule has 0 saturated carbocycles. The molecule has 4 nitrogen and oxygen atoms in total. The molecule has 29 heavy (non-hydrogen) atoms. The van der Waals surface area contributed by atoms with Crippen molar-refractivity contribution < 1.29 is 4.74 Å². The number of ether oxygens (including phenoxy) is 1. The summed E-state index contributed by atoms with van der Waals surface area (Å²) in [5.74, 6) is 1.58. The van der Waals surface area contributed by atoms with E-state index in [4.69, 9.17) is 4.74 Å². The summed E-state index contributed by atoms with van der Waals surface area (Å²) >= 11 is 1.74. The summed E-state index contributed by atoms with van der Waals surface area (Å²) in [6.45, 7) is 11.0. The van der Waals surface area contributed by atoms with E-state index in [2.05, 4.69) is 58.3 Å². The highest BCUT2D eigenvalue weighted by atomic mass is 35.5. The molecule has 0 bridgehead atoms. The normalized spacial score (nSPS) is 14.4. The first-order valence-corrected chi connectivity index (χ1v) is 11.2. The third-order valence-electron chi connectivity index (χ3n) is 5.25. The van der Waals surface area contributed by atoms with Gasteiger partial charge in [-0.1, -0.05) is 38.8 Å². The summed E-state index contributed by atoms with van der Waals surface area (Å²) in [6, 6.07) is 8.55. The molecule has 2 aromatic rings. The molecule has 2 heterocycles. The molecule has 0 aliphatic carbocycles. The van der Waals surface area contributed by atoms with Crippen LogP contribution in [-0.4, -0.2) is 49.2 Å². The first-order chi connectivity index (χ1) is 13.2. The zero-order chi connectivity index (χ0) is 18.9. The Labute approximate surface area is 192 Å². The quantitative estimate of drug-likeness (QED) is 0.415. The van der Waals surface area contributed by atoms with Crippen LogP contribution in [0.15, 0.2) is 35.8 Å². The Morgan fingerprint density at radius 3 is 2.28 bits per heavy atom. The van der Waals surface area contributed by atoms with Gasteiger partial charge < -0.3 is 9.64 Å². The van der Waals surface area contributed by atoms with Gasteiger partial charge in [-0.05, 0) is 43.0 Å². The smallest absolute Gasteiger partial charge is 0.185 e. The van der Waals surface area contributed by atoms with Crippen molar-refractivity contribution in [3.05, 3.63) is 41.4 Å². The van der Waals surface area contributed by atoms with Crippen molar-refractivity contribution in [1.82, 2.24) is 9.88 Å². The second kappa shape index (κ2) is 14.1. The Kier molecular flexibility index (Phi) is 12.6. The van der Waals surface area contributed by atoms with Crippen molar-refractivity contribution in [1.29, 1.82) is 0 Å². The Bertz CT molecular complexity index is 645. The van der Waals surface area contributed by atoms with Crippen LogP contribution in [0, 0.1) is 0 Å². The third-order valence-corrected chi connectivity index (χ3v) is 6.08. The van der Waals surface area contributed by atoms with Gasteiger partial charge in [-0.3, -0.25) is 4.90 Å². The monoisotopic (exact) mass is 459 g/mol. The van der Waals surface area contributed by atoms with Crippen molar-refractivity contribution in [2.75, 3.05) is 44.2 Å². The molecule has 0 atom stereocenters. The summed E-state index contributed by atoms with van der Waals surface area (Å²) in [6.07, 6.45) is 6.88. The van der Waals surface area contributed by atoms with E-state index in [9.17, 15) is 0 Å².